The van der Waals surface area contributed by atoms with Gasteiger partial charge in [0.1, 0.15) is 5.82 Å². The van der Waals surface area contributed by atoms with E-state index in [1.54, 1.807) is 0 Å². The lowest BCUT2D eigenvalue weighted by molar-refractivity contribution is -0.145. The van der Waals surface area contributed by atoms with Crippen LogP contribution < -0.4 is 9.80 Å². The Bertz CT molecular complexity index is 730. The van der Waals surface area contributed by atoms with E-state index < -0.39 is 11.9 Å². The molecule has 4 heterocycles. The summed E-state index contributed by atoms with van der Waals surface area (Å²) in [6, 6.07) is 1.20. The number of methoxy groups -OCH3 is 1. The van der Waals surface area contributed by atoms with Crippen LogP contribution in [0.5, 0.6) is 0 Å². The van der Waals surface area contributed by atoms with E-state index in [1.165, 1.54) is 7.11 Å². The molecule has 4 aliphatic rings. The molecule has 0 aromatic carbocycles. The Hall–Kier alpha value is -2.06. The van der Waals surface area contributed by atoms with E-state index in [9.17, 15) is 18.0 Å². The number of alkyl halides is 3. The summed E-state index contributed by atoms with van der Waals surface area (Å²) in [6.45, 7) is 3.86. The molecular weight excluding hydrogens is 361 g/mol. The Morgan fingerprint density at radius 3 is 2.52 bits per heavy atom. The van der Waals surface area contributed by atoms with E-state index in [4.69, 9.17) is 4.74 Å². The molecule has 0 amide bonds. The Morgan fingerprint density at radius 1 is 1.30 bits per heavy atom. The molecule has 2 unspecified atom stereocenters. The molecule has 4 fully saturated rings. The molecule has 2 bridgehead atoms. The Labute approximate surface area is 155 Å². The van der Waals surface area contributed by atoms with Crippen LogP contribution in [0.15, 0.2) is 6.07 Å². The molecule has 9 heteroatoms. The summed E-state index contributed by atoms with van der Waals surface area (Å²) in [5, 5.41) is 0. The predicted molar refractivity (Wildman–Crippen MR) is 92.4 cm³/mol. The van der Waals surface area contributed by atoms with Gasteiger partial charge in [0, 0.05) is 38.2 Å². The van der Waals surface area contributed by atoms with Crippen molar-refractivity contribution in [2.24, 2.45) is 17.8 Å². The maximum absolute atomic E-state index is 13.3. The van der Waals surface area contributed by atoms with E-state index in [0.717, 1.165) is 18.9 Å². The van der Waals surface area contributed by atoms with Gasteiger partial charge in [0.05, 0.1) is 7.11 Å². The van der Waals surface area contributed by atoms with Gasteiger partial charge in [-0.05, 0) is 37.5 Å². The highest BCUT2D eigenvalue weighted by atomic mass is 19.4. The van der Waals surface area contributed by atoms with Gasteiger partial charge in [-0.15, -0.1) is 0 Å². The molecule has 27 heavy (non-hydrogen) atoms. The fourth-order valence-corrected chi connectivity index (χ4v) is 4.46. The smallest absolute Gasteiger partial charge is 0.433 e. The highest BCUT2D eigenvalue weighted by Gasteiger charge is 2.48. The number of rotatable bonds is 4. The second kappa shape index (κ2) is 6.53. The third-order valence-corrected chi connectivity index (χ3v) is 6.25. The number of anilines is 2. The number of ether oxygens (including phenoxy) is 1. The quantitative estimate of drug-likeness (QED) is 0.744. The molecule has 3 atom stereocenters. The lowest BCUT2D eigenvalue weighted by Gasteiger charge is -2.54. The van der Waals surface area contributed by atoms with Crippen LogP contribution in [0, 0.1) is 17.8 Å². The number of fused-ring (bicyclic) bond motifs is 2. The van der Waals surface area contributed by atoms with Gasteiger partial charge in [-0.1, -0.05) is 0 Å². The lowest BCUT2D eigenvalue weighted by Crippen LogP contribution is -2.56. The normalized spacial score (nSPS) is 29.8. The first-order chi connectivity index (χ1) is 12.8. The van der Waals surface area contributed by atoms with Crippen LogP contribution in [-0.4, -0.2) is 48.7 Å². The van der Waals surface area contributed by atoms with Crippen LogP contribution in [0.25, 0.3) is 0 Å². The van der Waals surface area contributed by atoms with Crippen LogP contribution in [0.1, 0.15) is 31.9 Å². The zero-order valence-electron chi connectivity index (χ0n) is 15.4. The maximum atomic E-state index is 13.3. The number of piperidine rings is 2. The molecule has 5 rings (SSSR count). The summed E-state index contributed by atoms with van der Waals surface area (Å²) in [4.78, 5) is 23.5. The van der Waals surface area contributed by atoms with E-state index in [1.807, 2.05) is 16.7 Å². The lowest BCUT2D eigenvalue weighted by atomic mass is 9.60. The number of esters is 1. The van der Waals surface area contributed by atoms with E-state index in [-0.39, 0.29) is 23.9 Å². The highest BCUT2D eigenvalue weighted by Crippen LogP contribution is 2.48. The average Bonchev–Trinajstić information content (AvgIpc) is 2.63. The summed E-state index contributed by atoms with van der Waals surface area (Å²) in [5.41, 5.74) is -0.896. The summed E-state index contributed by atoms with van der Waals surface area (Å²) in [5.74, 6) is 1.10. The molecule has 1 aromatic heterocycles. The number of nitrogens with zero attached hydrogens (tertiary/aromatic N) is 4. The van der Waals surface area contributed by atoms with Crippen molar-refractivity contribution in [1.82, 2.24) is 9.97 Å². The second-order valence-electron chi connectivity index (χ2n) is 7.85. The highest BCUT2D eigenvalue weighted by molar-refractivity contribution is 5.69. The van der Waals surface area contributed by atoms with Gasteiger partial charge >= 0.3 is 12.1 Å². The van der Waals surface area contributed by atoms with Crippen LogP contribution in [0.3, 0.4) is 0 Å². The van der Waals surface area contributed by atoms with Gasteiger partial charge < -0.3 is 14.5 Å². The number of carbonyl (C=O) groups excluding carboxylic acids is 1. The molecule has 0 radical (unpaired) electrons. The van der Waals surface area contributed by atoms with Crippen molar-refractivity contribution in [1.29, 1.82) is 0 Å². The minimum Gasteiger partial charge on any atom is -0.469 e. The largest absolute Gasteiger partial charge is 0.469 e. The van der Waals surface area contributed by atoms with E-state index in [0.29, 0.717) is 43.7 Å². The van der Waals surface area contributed by atoms with Crippen molar-refractivity contribution in [3.8, 4) is 0 Å². The third kappa shape index (κ3) is 3.32. The Morgan fingerprint density at radius 2 is 2.00 bits per heavy atom. The van der Waals surface area contributed by atoms with Crippen LogP contribution >= 0.6 is 0 Å². The summed E-state index contributed by atoms with van der Waals surface area (Å²) in [6.07, 6.45) is -2.19. The summed E-state index contributed by atoms with van der Waals surface area (Å²) < 4.78 is 44.8. The van der Waals surface area contributed by atoms with Crippen molar-refractivity contribution in [3.05, 3.63) is 11.8 Å². The fourth-order valence-electron chi connectivity index (χ4n) is 4.46. The topological polar surface area (TPSA) is 58.6 Å². The van der Waals surface area contributed by atoms with Crippen LogP contribution in [-0.2, 0) is 15.7 Å². The third-order valence-electron chi connectivity index (χ3n) is 6.25. The first-order valence-electron chi connectivity index (χ1n) is 9.31. The zero-order valence-corrected chi connectivity index (χ0v) is 15.4. The van der Waals surface area contributed by atoms with Crippen molar-refractivity contribution < 1.29 is 22.7 Å². The number of hydrogen-bond donors (Lipinski definition) is 0. The van der Waals surface area contributed by atoms with Crippen molar-refractivity contribution >= 4 is 17.7 Å². The van der Waals surface area contributed by atoms with Crippen molar-refractivity contribution in [2.45, 2.75) is 38.4 Å². The van der Waals surface area contributed by atoms with Gasteiger partial charge in [0.15, 0.2) is 5.69 Å². The average molecular weight is 384 g/mol. The number of aromatic nitrogens is 2. The maximum Gasteiger partial charge on any atom is 0.433 e. The van der Waals surface area contributed by atoms with Gasteiger partial charge in [-0.25, -0.2) is 4.98 Å². The minimum atomic E-state index is -4.51. The Balaban J connectivity index is 1.55. The number of halogens is 3. The standard InChI is InChI=1S/C18H23F3N4O2/c1-10-3-4-25(10)17-22-14(18(19,20)21)7-15(23-17)24-8-11-5-12(9-24)13(11)6-16(26)27-2/h7,10-13H,3-6,8-9H2,1-2H3/t10-,11?,12?,13?/m0/s1. The van der Waals surface area contributed by atoms with Gasteiger partial charge in [0.25, 0.3) is 0 Å². The molecule has 6 nitrogen and oxygen atoms in total. The molecule has 3 saturated heterocycles. The molecule has 0 N–H and O–H groups in total. The number of hydrogen-bond acceptors (Lipinski definition) is 6. The fraction of sp³-hybridized carbons (Fsp3) is 0.722. The van der Waals surface area contributed by atoms with Crippen molar-refractivity contribution in [2.75, 3.05) is 36.5 Å². The SMILES string of the molecule is COC(=O)CC1C2CC1CN(c1cc(C(F)(F)F)nc(N3CC[C@@H]3C)n1)C2. The summed E-state index contributed by atoms with van der Waals surface area (Å²) in [7, 11) is 1.38. The van der Waals surface area contributed by atoms with E-state index >= 15 is 0 Å². The molecular formula is C18H23F3N4O2. The first-order valence-corrected chi connectivity index (χ1v) is 9.31. The first kappa shape index (κ1) is 18.3. The summed E-state index contributed by atoms with van der Waals surface area (Å²) >= 11 is 0. The van der Waals surface area contributed by atoms with Gasteiger partial charge in [-0.2, -0.15) is 18.2 Å². The minimum absolute atomic E-state index is 0.153. The molecule has 1 aromatic rings. The predicted octanol–water partition coefficient (Wildman–Crippen LogP) is 2.73. The monoisotopic (exact) mass is 384 g/mol. The van der Waals surface area contributed by atoms with Crippen LogP contribution in [0.2, 0.25) is 0 Å². The zero-order chi connectivity index (χ0) is 19.3. The second-order valence-corrected chi connectivity index (χ2v) is 7.85. The number of carbonyl (C=O) groups is 1. The molecule has 1 saturated carbocycles. The van der Waals surface area contributed by atoms with E-state index in [2.05, 4.69) is 9.97 Å². The van der Waals surface area contributed by atoms with Gasteiger partial charge in [-0.3, -0.25) is 4.79 Å². The molecule has 0 spiro atoms. The Kier molecular flexibility index (Phi) is 4.43. The molecule has 148 valence electrons. The van der Waals surface area contributed by atoms with Crippen LogP contribution in [0.4, 0.5) is 24.9 Å². The van der Waals surface area contributed by atoms with Gasteiger partial charge in [0.2, 0.25) is 5.95 Å². The molecule has 3 aliphatic heterocycles. The van der Waals surface area contributed by atoms with Crippen molar-refractivity contribution in [3.63, 3.8) is 0 Å². The molecule has 1 aliphatic carbocycles.